The van der Waals surface area contributed by atoms with Crippen molar-refractivity contribution < 1.29 is 19.5 Å². The van der Waals surface area contributed by atoms with Crippen molar-refractivity contribution in [3.8, 4) is 0 Å². The molecule has 0 aromatic heterocycles. The van der Waals surface area contributed by atoms with E-state index in [4.69, 9.17) is 5.11 Å². The number of nitrogens with zero attached hydrogens (tertiary/aromatic N) is 2. The van der Waals surface area contributed by atoms with Gasteiger partial charge in [0, 0.05) is 39.0 Å². The second kappa shape index (κ2) is 6.91. The number of carboxylic acid groups (broad SMARTS) is 1. The Balaban J connectivity index is 2.48. The molecule has 0 spiro atoms. The molecule has 1 rings (SSSR count). The summed E-state index contributed by atoms with van der Waals surface area (Å²) < 4.78 is 0. The summed E-state index contributed by atoms with van der Waals surface area (Å²) in [5.41, 5.74) is -1.05. The van der Waals surface area contributed by atoms with Crippen molar-refractivity contribution in [2.75, 3.05) is 26.2 Å². The third-order valence-corrected chi connectivity index (χ3v) is 3.74. The zero-order chi connectivity index (χ0) is 16.2. The second-order valence-corrected chi connectivity index (χ2v) is 6.73. The van der Waals surface area contributed by atoms with Crippen molar-refractivity contribution in [2.24, 2.45) is 11.3 Å². The van der Waals surface area contributed by atoms with Crippen LogP contribution in [0.3, 0.4) is 0 Å². The number of hydrogen-bond donors (Lipinski definition) is 1. The third kappa shape index (κ3) is 5.02. The van der Waals surface area contributed by atoms with Crippen LogP contribution in [0, 0.1) is 11.3 Å². The minimum atomic E-state index is -1.05. The number of aliphatic carboxylic acids is 1. The molecule has 0 unspecified atom stereocenters. The Morgan fingerprint density at radius 2 is 1.43 bits per heavy atom. The van der Waals surface area contributed by atoms with Crippen LogP contribution in [0.15, 0.2) is 0 Å². The highest BCUT2D eigenvalue weighted by Crippen LogP contribution is 2.22. The average Bonchev–Trinajstić information content (AvgIpc) is 2.37. The number of carbonyl (C=O) groups excluding carboxylic acids is 2. The molecule has 1 fully saturated rings. The van der Waals surface area contributed by atoms with Crippen LogP contribution in [0.5, 0.6) is 0 Å². The van der Waals surface area contributed by atoms with Gasteiger partial charge in [0.25, 0.3) is 0 Å². The van der Waals surface area contributed by atoms with E-state index in [1.807, 2.05) is 13.8 Å². The van der Waals surface area contributed by atoms with Gasteiger partial charge in [-0.2, -0.15) is 0 Å². The molecule has 0 aromatic carbocycles. The lowest BCUT2D eigenvalue weighted by atomic mass is 9.89. The van der Waals surface area contributed by atoms with E-state index in [0.29, 0.717) is 38.5 Å². The van der Waals surface area contributed by atoms with E-state index in [1.165, 1.54) is 0 Å². The van der Waals surface area contributed by atoms with Gasteiger partial charge in [-0.1, -0.05) is 13.8 Å². The number of rotatable bonds is 5. The number of carbonyl (C=O) groups is 3. The first-order valence-corrected chi connectivity index (χ1v) is 7.42. The standard InChI is InChI=1S/C15H26N2O4/c1-11(2)9-12(18)16-5-7-17(8-6-16)13(19)10-15(3,4)14(20)21/h11H,5-10H2,1-4H3,(H,20,21). The molecular formula is C15H26N2O4. The molecule has 2 amide bonds. The fourth-order valence-electron chi connectivity index (χ4n) is 2.25. The first-order chi connectivity index (χ1) is 9.63. The minimum absolute atomic E-state index is 0.0116. The summed E-state index contributed by atoms with van der Waals surface area (Å²) in [7, 11) is 0. The van der Waals surface area contributed by atoms with Crippen LogP contribution in [0.25, 0.3) is 0 Å². The molecule has 120 valence electrons. The number of piperazine rings is 1. The van der Waals surface area contributed by atoms with Crippen LogP contribution in [-0.2, 0) is 14.4 Å². The Bertz CT molecular complexity index is 410. The molecule has 1 saturated heterocycles. The lowest BCUT2D eigenvalue weighted by Crippen LogP contribution is -2.51. The molecule has 6 heteroatoms. The van der Waals surface area contributed by atoms with Gasteiger partial charge in [-0.05, 0) is 19.8 Å². The van der Waals surface area contributed by atoms with Crippen molar-refractivity contribution >= 4 is 17.8 Å². The molecule has 0 bridgehead atoms. The van der Waals surface area contributed by atoms with E-state index in [2.05, 4.69) is 0 Å². The van der Waals surface area contributed by atoms with Crippen molar-refractivity contribution in [3.05, 3.63) is 0 Å². The molecule has 1 aliphatic heterocycles. The van der Waals surface area contributed by atoms with E-state index in [1.54, 1.807) is 23.6 Å². The smallest absolute Gasteiger partial charge is 0.309 e. The summed E-state index contributed by atoms with van der Waals surface area (Å²) in [5.74, 6) is -0.670. The van der Waals surface area contributed by atoms with Crippen LogP contribution in [0.4, 0.5) is 0 Å². The predicted octanol–water partition coefficient (Wildman–Crippen LogP) is 1.20. The lowest BCUT2D eigenvalue weighted by Gasteiger charge is -2.36. The molecule has 6 nitrogen and oxygen atoms in total. The first-order valence-electron chi connectivity index (χ1n) is 7.42. The summed E-state index contributed by atoms with van der Waals surface area (Å²) in [6.45, 7) is 9.15. The van der Waals surface area contributed by atoms with E-state index < -0.39 is 11.4 Å². The van der Waals surface area contributed by atoms with Gasteiger partial charge >= 0.3 is 5.97 Å². The highest BCUT2D eigenvalue weighted by atomic mass is 16.4. The monoisotopic (exact) mass is 298 g/mol. The molecule has 21 heavy (non-hydrogen) atoms. The maximum atomic E-state index is 12.1. The van der Waals surface area contributed by atoms with Gasteiger partial charge in [-0.3, -0.25) is 14.4 Å². The first kappa shape index (κ1) is 17.5. The van der Waals surface area contributed by atoms with Crippen LogP contribution < -0.4 is 0 Å². The van der Waals surface area contributed by atoms with Crippen molar-refractivity contribution in [3.63, 3.8) is 0 Å². The van der Waals surface area contributed by atoms with Gasteiger partial charge in [-0.15, -0.1) is 0 Å². The Kier molecular flexibility index (Phi) is 5.75. The maximum Gasteiger partial charge on any atom is 0.309 e. The van der Waals surface area contributed by atoms with Crippen molar-refractivity contribution in [1.82, 2.24) is 9.80 Å². The molecule has 1 N–H and O–H groups in total. The zero-order valence-electron chi connectivity index (χ0n) is 13.4. The summed E-state index contributed by atoms with van der Waals surface area (Å²) >= 11 is 0. The average molecular weight is 298 g/mol. The number of hydrogen-bond acceptors (Lipinski definition) is 3. The third-order valence-electron chi connectivity index (χ3n) is 3.74. The lowest BCUT2D eigenvalue weighted by molar-refractivity contribution is -0.152. The second-order valence-electron chi connectivity index (χ2n) is 6.73. The summed E-state index contributed by atoms with van der Waals surface area (Å²) in [5, 5.41) is 9.06. The normalized spacial score (nSPS) is 16.2. The Morgan fingerprint density at radius 3 is 1.81 bits per heavy atom. The van der Waals surface area contributed by atoms with Gasteiger partial charge in [0.2, 0.25) is 11.8 Å². The van der Waals surface area contributed by atoms with Crippen molar-refractivity contribution in [2.45, 2.75) is 40.5 Å². The van der Waals surface area contributed by atoms with Crippen LogP contribution in [-0.4, -0.2) is 58.9 Å². The Labute approximate surface area is 126 Å². The molecule has 0 saturated carbocycles. The highest BCUT2D eigenvalue weighted by molar-refractivity contribution is 5.84. The summed E-state index contributed by atoms with van der Waals surface area (Å²) in [6, 6.07) is 0. The van der Waals surface area contributed by atoms with Gasteiger partial charge in [0.05, 0.1) is 5.41 Å². The van der Waals surface area contributed by atoms with Crippen molar-refractivity contribution in [1.29, 1.82) is 0 Å². The van der Waals surface area contributed by atoms with Gasteiger partial charge in [-0.25, -0.2) is 0 Å². The molecule has 1 heterocycles. The predicted molar refractivity (Wildman–Crippen MR) is 78.6 cm³/mol. The van der Waals surface area contributed by atoms with Gasteiger partial charge < -0.3 is 14.9 Å². The molecule has 0 aromatic rings. The van der Waals surface area contributed by atoms with Crippen LogP contribution >= 0.6 is 0 Å². The fraction of sp³-hybridized carbons (Fsp3) is 0.800. The maximum absolute atomic E-state index is 12.1. The molecule has 0 radical (unpaired) electrons. The van der Waals surface area contributed by atoms with E-state index in [0.717, 1.165) is 0 Å². The number of amides is 2. The minimum Gasteiger partial charge on any atom is -0.481 e. The summed E-state index contributed by atoms with van der Waals surface area (Å²) in [4.78, 5) is 38.6. The van der Waals surface area contributed by atoms with E-state index in [9.17, 15) is 14.4 Å². The van der Waals surface area contributed by atoms with Gasteiger partial charge in [0.1, 0.15) is 0 Å². The zero-order valence-corrected chi connectivity index (χ0v) is 13.4. The van der Waals surface area contributed by atoms with Crippen LogP contribution in [0.1, 0.15) is 40.5 Å². The fourth-order valence-corrected chi connectivity index (χ4v) is 2.25. The topological polar surface area (TPSA) is 77.9 Å². The molecule has 1 aliphatic rings. The van der Waals surface area contributed by atoms with Gasteiger partial charge in [0.15, 0.2) is 0 Å². The highest BCUT2D eigenvalue weighted by Gasteiger charge is 2.33. The van der Waals surface area contributed by atoms with Crippen LogP contribution in [0.2, 0.25) is 0 Å². The molecular weight excluding hydrogens is 272 g/mol. The van der Waals surface area contributed by atoms with E-state index >= 15 is 0 Å². The largest absolute Gasteiger partial charge is 0.481 e. The molecule has 0 aliphatic carbocycles. The number of carboxylic acids is 1. The molecule has 0 atom stereocenters. The Morgan fingerprint density at radius 1 is 1.00 bits per heavy atom. The SMILES string of the molecule is CC(C)CC(=O)N1CCN(C(=O)CC(C)(C)C(=O)O)CC1. The summed E-state index contributed by atoms with van der Waals surface area (Å²) in [6.07, 6.45) is 0.516. The van der Waals surface area contributed by atoms with E-state index in [-0.39, 0.29) is 18.2 Å². The Hall–Kier alpha value is -1.59. The quantitative estimate of drug-likeness (QED) is 0.827.